The lowest BCUT2D eigenvalue weighted by molar-refractivity contribution is 0.472. The molecule has 78 valence electrons. The van der Waals surface area contributed by atoms with E-state index in [0.717, 1.165) is 28.7 Å². The summed E-state index contributed by atoms with van der Waals surface area (Å²) < 4.78 is 6.40. The zero-order valence-corrected chi connectivity index (χ0v) is 10.0. The third kappa shape index (κ3) is 2.39. The Hall–Kier alpha value is -0.280. The molecule has 2 rings (SSSR count). The summed E-state index contributed by atoms with van der Waals surface area (Å²) in [4.78, 5) is 0. The molecule has 1 aromatic rings. The van der Waals surface area contributed by atoms with Crippen molar-refractivity contribution in [2.75, 3.05) is 0 Å². The van der Waals surface area contributed by atoms with E-state index in [1.807, 2.05) is 6.07 Å². The molecule has 0 radical (unpaired) electrons. The quantitative estimate of drug-likeness (QED) is 0.876. The fourth-order valence-electron chi connectivity index (χ4n) is 1.86. The van der Waals surface area contributed by atoms with Crippen molar-refractivity contribution in [3.8, 4) is 0 Å². The smallest absolute Gasteiger partial charge is 0.131 e. The van der Waals surface area contributed by atoms with E-state index in [9.17, 15) is 0 Å². The average Bonchev–Trinajstić information content (AvgIpc) is 2.78. The second-order valence-corrected chi connectivity index (χ2v) is 4.82. The van der Waals surface area contributed by atoms with E-state index in [1.165, 1.54) is 19.3 Å². The molecule has 2 atom stereocenters. The van der Waals surface area contributed by atoms with Crippen LogP contribution >= 0.6 is 15.9 Å². The van der Waals surface area contributed by atoms with Crippen molar-refractivity contribution < 1.29 is 4.42 Å². The zero-order chi connectivity index (χ0) is 9.97. The van der Waals surface area contributed by atoms with Crippen molar-refractivity contribution in [2.24, 2.45) is 5.92 Å². The molecule has 1 N–H and O–H groups in total. The monoisotopic (exact) mass is 257 g/mol. The number of hydrogen-bond donors (Lipinski definition) is 1. The maximum atomic E-state index is 5.33. The molecule has 0 amide bonds. The molecular weight excluding hydrogens is 242 g/mol. The van der Waals surface area contributed by atoms with Gasteiger partial charge in [-0.25, -0.2) is 0 Å². The molecule has 3 heteroatoms. The van der Waals surface area contributed by atoms with Crippen LogP contribution in [0.1, 0.15) is 31.9 Å². The highest BCUT2D eigenvalue weighted by atomic mass is 79.9. The molecule has 0 aromatic carbocycles. The van der Waals surface area contributed by atoms with Crippen molar-refractivity contribution in [2.45, 2.75) is 38.8 Å². The van der Waals surface area contributed by atoms with Gasteiger partial charge in [0.05, 0.1) is 17.3 Å². The van der Waals surface area contributed by atoms with Gasteiger partial charge in [-0.05, 0) is 40.8 Å². The third-order valence-corrected chi connectivity index (χ3v) is 3.50. The Morgan fingerprint density at radius 3 is 3.14 bits per heavy atom. The maximum absolute atomic E-state index is 5.33. The van der Waals surface area contributed by atoms with E-state index in [4.69, 9.17) is 4.42 Å². The van der Waals surface area contributed by atoms with E-state index < -0.39 is 0 Å². The highest BCUT2D eigenvalue weighted by Crippen LogP contribution is 2.34. The molecule has 2 nitrogen and oxygen atoms in total. The van der Waals surface area contributed by atoms with Gasteiger partial charge in [-0.1, -0.05) is 13.3 Å². The first-order valence-electron chi connectivity index (χ1n) is 5.26. The lowest BCUT2D eigenvalue weighted by Gasteiger charge is -2.01. The molecule has 0 bridgehead atoms. The number of hydrogen-bond acceptors (Lipinski definition) is 2. The zero-order valence-electron chi connectivity index (χ0n) is 8.42. The second-order valence-electron chi connectivity index (χ2n) is 3.96. The van der Waals surface area contributed by atoms with Crippen LogP contribution in [0.2, 0.25) is 0 Å². The van der Waals surface area contributed by atoms with Crippen molar-refractivity contribution in [3.63, 3.8) is 0 Å². The van der Waals surface area contributed by atoms with Crippen LogP contribution in [-0.2, 0) is 6.54 Å². The Kier molecular flexibility index (Phi) is 3.29. The molecule has 0 aliphatic heterocycles. The Labute approximate surface area is 93.2 Å². The summed E-state index contributed by atoms with van der Waals surface area (Å²) in [6.07, 6.45) is 5.72. The molecule has 1 aromatic heterocycles. The molecule has 1 aliphatic carbocycles. The van der Waals surface area contributed by atoms with Crippen LogP contribution in [0.15, 0.2) is 21.2 Å². The predicted molar refractivity (Wildman–Crippen MR) is 60.1 cm³/mol. The van der Waals surface area contributed by atoms with Crippen LogP contribution in [0.3, 0.4) is 0 Å². The summed E-state index contributed by atoms with van der Waals surface area (Å²) in [5.41, 5.74) is 0. The van der Waals surface area contributed by atoms with Gasteiger partial charge in [-0.3, -0.25) is 0 Å². The lowest BCUT2D eigenvalue weighted by Crippen LogP contribution is -2.17. The minimum atomic E-state index is 0.729. The average molecular weight is 258 g/mol. The highest BCUT2D eigenvalue weighted by molar-refractivity contribution is 9.10. The summed E-state index contributed by atoms with van der Waals surface area (Å²) in [6.45, 7) is 3.09. The van der Waals surface area contributed by atoms with E-state index in [-0.39, 0.29) is 0 Å². The fraction of sp³-hybridized carbons (Fsp3) is 0.636. The van der Waals surface area contributed by atoms with Crippen molar-refractivity contribution >= 4 is 15.9 Å². The first kappa shape index (κ1) is 10.2. The van der Waals surface area contributed by atoms with Crippen molar-refractivity contribution in [1.82, 2.24) is 5.32 Å². The summed E-state index contributed by atoms with van der Waals surface area (Å²) in [6, 6.07) is 2.67. The van der Waals surface area contributed by atoms with Crippen LogP contribution < -0.4 is 5.32 Å². The summed E-state index contributed by atoms with van der Waals surface area (Å²) in [7, 11) is 0. The van der Waals surface area contributed by atoms with Gasteiger partial charge in [0.25, 0.3) is 0 Å². The number of nitrogens with one attached hydrogen (secondary N) is 1. The first-order chi connectivity index (χ1) is 6.81. The summed E-state index contributed by atoms with van der Waals surface area (Å²) in [5, 5.41) is 3.51. The van der Waals surface area contributed by atoms with Gasteiger partial charge in [0.2, 0.25) is 0 Å². The van der Waals surface area contributed by atoms with E-state index in [1.54, 1.807) is 6.26 Å². The third-order valence-electron chi connectivity index (χ3n) is 2.80. The van der Waals surface area contributed by atoms with Gasteiger partial charge >= 0.3 is 0 Å². The fourth-order valence-corrected chi connectivity index (χ4v) is 2.20. The maximum Gasteiger partial charge on any atom is 0.131 e. The van der Waals surface area contributed by atoms with E-state index in [0.29, 0.717) is 0 Å². The summed E-state index contributed by atoms with van der Waals surface area (Å²) in [5.74, 6) is 1.92. The topological polar surface area (TPSA) is 25.2 Å². The van der Waals surface area contributed by atoms with Gasteiger partial charge in [0, 0.05) is 6.04 Å². The van der Waals surface area contributed by atoms with Crippen LogP contribution in [0, 0.1) is 5.92 Å². The van der Waals surface area contributed by atoms with Gasteiger partial charge < -0.3 is 9.73 Å². The molecule has 1 heterocycles. The molecule has 1 aliphatic rings. The van der Waals surface area contributed by atoms with Gasteiger partial charge in [-0.15, -0.1) is 0 Å². The lowest BCUT2D eigenvalue weighted by atomic mass is 10.2. The van der Waals surface area contributed by atoms with Crippen molar-refractivity contribution in [1.29, 1.82) is 0 Å². The summed E-state index contributed by atoms with van der Waals surface area (Å²) >= 11 is 3.45. The van der Waals surface area contributed by atoms with E-state index in [2.05, 4.69) is 28.2 Å². The Bertz CT molecular complexity index is 297. The van der Waals surface area contributed by atoms with Crippen LogP contribution in [-0.4, -0.2) is 6.04 Å². The van der Waals surface area contributed by atoms with Gasteiger partial charge in [-0.2, -0.15) is 0 Å². The first-order valence-corrected chi connectivity index (χ1v) is 6.05. The largest absolute Gasteiger partial charge is 0.467 e. The molecule has 14 heavy (non-hydrogen) atoms. The molecule has 1 saturated carbocycles. The predicted octanol–water partition coefficient (Wildman–Crippen LogP) is 3.32. The molecule has 2 unspecified atom stereocenters. The van der Waals surface area contributed by atoms with Crippen LogP contribution in [0.25, 0.3) is 0 Å². The van der Waals surface area contributed by atoms with E-state index >= 15 is 0 Å². The molecule has 0 spiro atoms. The second kappa shape index (κ2) is 4.49. The molecule has 0 saturated heterocycles. The Morgan fingerprint density at radius 1 is 1.64 bits per heavy atom. The highest BCUT2D eigenvalue weighted by Gasteiger charge is 2.35. The van der Waals surface area contributed by atoms with Crippen LogP contribution in [0.4, 0.5) is 0 Å². The minimum absolute atomic E-state index is 0.729. The normalized spacial score (nSPS) is 25.3. The van der Waals surface area contributed by atoms with Gasteiger partial charge in [0.1, 0.15) is 5.76 Å². The number of furan rings is 1. The van der Waals surface area contributed by atoms with Crippen LogP contribution in [0.5, 0.6) is 0 Å². The standard InChI is InChI=1S/C11H16BrNO/c1-2-3-8-6-10(8)13-7-11-9(12)4-5-14-11/h4-5,8,10,13H,2-3,6-7H2,1H3. The number of halogens is 1. The Balaban J connectivity index is 1.72. The number of rotatable bonds is 5. The Morgan fingerprint density at radius 2 is 2.50 bits per heavy atom. The van der Waals surface area contributed by atoms with Gasteiger partial charge in [0.15, 0.2) is 0 Å². The molecule has 1 fully saturated rings. The SMILES string of the molecule is CCCC1CC1NCc1occc1Br. The minimum Gasteiger partial charge on any atom is -0.467 e. The van der Waals surface area contributed by atoms with Crippen molar-refractivity contribution in [3.05, 3.63) is 22.6 Å². The molecular formula is C11H16BrNO.